The zero-order valence-corrected chi connectivity index (χ0v) is 14.3. The quantitative estimate of drug-likeness (QED) is 0.652. The smallest absolute Gasteiger partial charge is 0.0675 e. The van der Waals surface area contributed by atoms with Crippen LogP contribution in [-0.4, -0.2) is 10.7 Å². The molecule has 21 heavy (non-hydrogen) atoms. The van der Waals surface area contributed by atoms with Gasteiger partial charge in [0.15, 0.2) is 0 Å². The Balaban J connectivity index is 1.66. The predicted molar refractivity (Wildman–Crippen MR) is 87.0 cm³/mol. The van der Waals surface area contributed by atoms with E-state index in [1.54, 1.807) is 0 Å². The van der Waals surface area contributed by atoms with E-state index in [0.29, 0.717) is 5.41 Å². The van der Waals surface area contributed by atoms with Gasteiger partial charge in [-0.2, -0.15) is 0 Å². The fraction of sp³-hybridized carbons (Fsp3) is 1.00. The number of aliphatic hydroxyl groups is 1. The Labute approximate surface area is 130 Å². The molecule has 0 radical (unpaired) electrons. The highest BCUT2D eigenvalue weighted by Gasteiger charge is 2.62. The van der Waals surface area contributed by atoms with Gasteiger partial charge in [0.2, 0.25) is 0 Å². The molecule has 4 aliphatic rings. The van der Waals surface area contributed by atoms with Gasteiger partial charge >= 0.3 is 0 Å². The van der Waals surface area contributed by atoms with E-state index in [1.807, 2.05) is 0 Å². The first-order valence-corrected chi connectivity index (χ1v) is 9.61. The van der Waals surface area contributed by atoms with Crippen LogP contribution in [-0.2, 0) is 0 Å². The van der Waals surface area contributed by atoms with E-state index in [4.69, 9.17) is 0 Å². The lowest BCUT2D eigenvalue weighted by Gasteiger charge is -2.61. The first-order valence-electron chi connectivity index (χ1n) is 9.61. The minimum atomic E-state index is -0.410. The fourth-order valence-electron chi connectivity index (χ4n) is 7.54. The lowest BCUT2D eigenvalue weighted by Crippen LogP contribution is -2.55. The molecule has 0 heterocycles. The highest BCUT2D eigenvalue weighted by atomic mass is 16.3. The molecular weight excluding hydrogens is 256 g/mol. The summed E-state index contributed by atoms with van der Waals surface area (Å²) in [6.45, 7) is 7.18. The van der Waals surface area contributed by atoms with Gasteiger partial charge in [0.25, 0.3) is 0 Å². The maximum Gasteiger partial charge on any atom is 0.0675 e. The van der Waals surface area contributed by atoms with Crippen molar-refractivity contribution in [3.05, 3.63) is 0 Å². The van der Waals surface area contributed by atoms with E-state index in [-0.39, 0.29) is 5.41 Å². The molecule has 0 amide bonds. The van der Waals surface area contributed by atoms with Crippen LogP contribution >= 0.6 is 0 Å². The highest BCUT2D eigenvalue weighted by Crippen LogP contribution is 2.68. The van der Waals surface area contributed by atoms with Crippen molar-refractivity contribution in [3.63, 3.8) is 0 Å². The molecule has 0 spiro atoms. The summed E-state index contributed by atoms with van der Waals surface area (Å²) >= 11 is 0. The molecule has 120 valence electrons. The van der Waals surface area contributed by atoms with Gasteiger partial charge in [-0.15, -0.1) is 0 Å². The number of hydrogen-bond acceptors (Lipinski definition) is 1. The molecule has 4 aliphatic carbocycles. The molecule has 4 rings (SSSR count). The Hall–Kier alpha value is -0.0400. The third kappa shape index (κ3) is 1.79. The van der Waals surface area contributed by atoms with Crippen molar-refractivity contribution in [2.75, 3.05) is 0 Å². The van der Waals surface area contributed by atoms with Crippen molar-refractivity contribution in [3.8, 4) is 0 Å². The average Bonchev–Trinajstić information content (AvgIpc) is 2.69. The fourth-order valence-corrected chi connectivity index (χ4v) is 7.54. The molecular formula is C20H34O. The van der Waals surface area contributed by atoms with Crippen LogP contribution < -0.4 is 0 Å². The van der Waals surface area contributed by atoms with Crippen molar-refractivity contribution in [1.29, 1.82) is 0 Å². The minimum absolute atomic E-state index is 0.200. The topological polar surface area (TPSA) is 20.2 Å². The van der Waals surface area contributed by atoms with E-state index < -0.39 is 5.60 Å². The Morgan fingerprint density at radius 3 is 2.33 bits per heavy atom. The van der Waals surface area contributed by atoms with E-state index in [1.165, 1.54) is 57.8 Å². The molecule has 0 saturated heterocycles. The molecule has 0 unspecified atom stereocenters. The van der Waals surface area contributed by atoms with Crippen LogP contribution in [0.25, 0.3) is 0 Å². The van der Waals surface area contributed by atoms with Gasteiger partial charge in [-0.05, 0) is 92.8 Å². The van der Waals surface area contributed by atoms with E-state index in [2.05, 4.69) is 20.8 Å². The molecule has 0 aromatic heterocycles. The summed E-state index contributed by atoms with van der Waals surface area (Å²) in [5.41, 5.74) is 0.427. The van der Waals surface area contributed by atoms with Crippen molar-refractivity contribution in [1.82, 2.24) is 0 Å². The summed E-state index contributed by atoms with van der Waals surface area (Å²) in [4.78, 5) is 0. The lowest BCUT2D eigenvalue weighted by atomic mass is 9.44. The molecule has 1 N–H and O–H groups in total. The lowest BCUT2D eigenvalue weighted by molar-refractivity contribution is -0.145. The van der Waals surface area contributed by atoms with Gasteiger partial charge in [-0.25, -0.2) is 0 Å². The molecule has 4 fully saturated rings. The summed E-state index contributed by atoms with van der Waals surface area (Å²) in [5, 5.41) is 10.9. The third-order valence-electron chi connectivity index (χ3n) is 9.15. The highest BCUT2D eigenvalue weighted by molar-refractivity contribution is 5.12. The van der Waals surface area contributed by atoms with Gasteiger partial charge in [0, 0.05) is 0 Å². The zero-order valence-electron chi connectivity index (χ0n) is 14.3. The molecule has 1 heteroatoms. The normalized spacial score (nSPS) is 60.0. The van der Waals surface area contributed by atoms with Gasteiger partial charge < -0.3 is 5.11 Å². The molecule has 0 aromatic carbocycles. The van der Waals surface area contributed by atoms with Gasteiger partial charge in [-0.3, -0.25) is 0 Å². The van der Waals surface area contributed by atoms with E-state index in [9.17, 15) is 5.11 Å². The minimum Gasteiger partial charge on any atom is -0.390 e. The summed E-state index contributed by atoms with van der Waals surface area (Å²) in [6, 6.07) is 0. The largest absolute Gasteiger partial charge is 0.390 e. The maximum absolute atomic E-state index is 10.9. The second kappa shape index (κ2) is 4.49. The zero-order chi connectivity index (χ0) is 14.9. The Morgan fingerprint density at radius 1 is 0.762 bits per heavy atom. The average molecular weight is 290 g/mol. The van der Waals surface area contributed by atoms with Gasteiger partial charge in [-0.1, -0.05) is 26.7 Å². The number of fused-ring (bicyclic) bond motifs is 5. The Bertz CT molecular complexity index is 428. The molecule has 0 aliphatic heterocycles. The second-order valence-electron chi connectivity index (χ2n) is 9.67. The summed E-state index contributed by atoms with van der Waals surface area (Å²) < 4.78 is 0. The van der Waals surface area contributed by atoms with Crippen molar-refractivity contribution >= 4 is 0 Å². The summed E-state index contributed by atoms with van der Waals surface area (Å²) in [6.07, 6.45) is 13.9. The van der Waals surface area contributed by atoms with Crippen LogP contribution in [0.15, 0.2) is 0 Å². The van der Waals surface area contributed by atoms with Crippen molar-refractivity contribution in [2.24, 2.45) is 34.5 Å². The van der Waals surface area contributed by atoms with E-state index in [0.717, 1.165) is 30.1 Å². The second-order valence-corrected chi connectivity index (χ2v) is 9.67. The van der Waals surface area contributed by atoms with Crippen molar-refractivity contribution in [2.45, 2.75) is 90.6 Å². The predicted octanol–water partition coefficient (Wildman–Crippen LogP) is 5.17. The van der Waals surface area contributed by atoms with Crippen LogP contribution in [0.4, 0.5) is 0 Å². The molecule has 4 saturated carbocycles. The number of rotatable bonds is 0. The molecule has 0 bridgehead atoms. The molecule has 7 atom stereocenters. The van der Waals surface area contributed by atoms with Crippen LogP contribution in [0.1, 0.15) is 85.0 Å². The SMILES string of the molecule is C[C@]12CCCC[C@H]1CC[C@H]1[C@H]2CC[C@@]2(C)[C@H]1CC[C@]2(C)O. The first-order chi connectivity index (χ1) is 9.88. The summed E-state index contributed by atoms with van der Waals surface area (Å²) in [7, 11) is 0. The van der Waals surface area contributed by atoms with Crippen LogP contribution in [0.3, 0.4) is 0 Å². The monoisotopic (exact) mass is 290 g/mol. The number of hydrogen-bond donors (Lipinski definition) is 1. The van der Waals surface area contributed by atoms with E-state index >= 15 is 0 Å². The van der Waals surface area contributed by atoms with Gasteiger partial charge in [0.1, 0.15) is 0 Å². The first kappa shape index (κ1) is 14.5. The van der Waals surface area contributed by atoms with Gasteiger partial charge in [0.05, 0.1) is 5.60 Å². The standard InChI is InChI=1S/C20H34O/c1-18-11-5-4-6-14(18)7-8-15-16(18)9-12-19(2)17(15)10-13-20(19,3)21/h14-17,21H,4-13H2,1-3H3/t14-,15-,16+,17-,18-,19-,20-/m0/s1. The molecule has 0 aromatic rings. The Morgan fingerprint density at radius 2 is 1.52 bits per heavy atom. The van der Waals surface area contributed by atoms with Crippen LogP contribution in [0, 0.1) is 34.5 Å². The third-order valence-corrected chi connectivity index (χ3v) is 9.15. The Kier molecular flexibility index (Phi) is 3.11. The van der Waals surface area contributed by atoms with Crippen LogP contribution in [0.5, 0.6) is 0 Å². The van der Waals surface area contributed by atoms with Crippen LogP contribution in [0.2, 0.25) is 0 Å². The van der Waals surface area contributed by atoms with Crippen molar-refractivity contribution < 1.29 is 5.11 Å². The summed E-state index contributed by atoms with van der Waals surface area (Å²) in [5.74, 6) is 3.69. The maximum atomic E-state index is 10.9. The molecule has 1 nitrogen and oxygen atoms in total.